The average molecular weight is 281 g/mol. The Morgan fingerprint density at radius 1 is 1.29 bits per heavy atom. The van der Waals surface area contributed by atoms with Crippen LogP contribution in [0.5, 0.6) is 0 Å². The fraction of sp³-hybridized carbons (Fsp3) is 1.00. The molecular weight excluding hydrogens is 256 g/mol. The van der Waals surface area contributed by atoms with Crippen molar-refractivity contribution >= 4 is 21.4 Å². The summed E-state index contributed by atoms with van der Waals surface area (Å²) in [6.45, 7) is 5.72. The van der Waals surface area contributed by atoms with Gasteiger partial charge >= 0.3 is 0 Å². The van der Waals surface area contributed by atoms with Crippen molar-refractivity contribution in [2.75, 3.05) is 5.75 Å². The summed E-state index contributed by atoms with van der Waals surface area (Å²) in [7, 11) is -2.90. The Hall–Kier alpha value is 0.240. The van der Waals surface area contributed by atoms with Gasteiger partial charge in [0, 0.05) is 5.38 Å². The lowest BCUT2D eigenvalue weighted by molar-refractivity contribution is 0.261. The van der Waals surface area contributed by atoms with E-state index in [1.807, 2.05) is 0 Å². The van der Waals surface area contributed by atoms with Crippen molar-refractivity contribution in [3.8, 4) is 0 Å². The summed E-state index contributed by atoms with van der Waals surface area (Å²) in [6, 6.07) is 0. The lowest BCUT2D eigenvalue weighted by Gasteiger charge is -2.32. The molecule has 0 aromatic carbocycles. The highest BCUT2D eigenvalue weighted by Gasteiger charge is 2.29. The molecule has 1 aliphatic rings. The van der Waals surface area contributed by atoms with E-state index in [9.17, 15) is 8.42 Å². The Kier molecular flexibility index (Phi) is 5.78. The van der Waals surface area contributed by atoms with Gasteiger partial charge in [0.2, 0.25) is 0 Å². The minimum atomic E-state index is -2.90. The second kappa shape index (κ2) is 6.42. The third-order valence-electron chi connectivity index (χ3n) is 4.07. The summed E-state index contributed by atoms with van der Waals surface area (Å²) in [5.74, 6) is 1.44. The lowest BCUT2D eigenvalue weighted by atomic mass is 9.79. The van der Waals surface area contributed by atoms with Gasteiger partial charge in [-0.2, -0.15) is 0 Å². The largest absolute Gasteiger partial charge is 0.229 e. The van der Waals surface area contributed by atoms with E-state index in [4.69, 9.17) is 11.6 Å². The molecule has 1 saturated carbocycles. The Balaban J connectivity index is 2.50. The summed E-state index contributed by atoms with van der Waals surface area (Å²) in [4.78, 5) is 0. The normalized spacial score (nSPS) is 30.8. The van der Waals surface area contributed by atoms with Gasteiger partial charge in [0.05, 0.1) is 11.0 Å². The highest BCUT2D eigenvalue weighted by Crippen LogP contribution is 2.36. The van der Waals surface area contributed by atoms with Crippen LogP contribution in [-0.2, 0) is 9.84 Å². The number of hydrogen-bond donors (Lipinski definition) is 0. The Morgan fingerprint density at radius 2 is 1.94 bits per heavy atom. The Morgan fingerprint density at radius 3 is 2.47 bits per heavy atom. The zero-order valence-electron chi connectivity index (χ0n) is 11.2. The van der Waals surface area contributed by atoms with E-state index in [-0.39, 0.29) is 10.6 Å². The van der Waals surface area contributed by atoms with E-state index in [0.717, 1.165) is 25.2 Å². The maximum atomic E-state index is 11.8. The molecule has 0 saturated heterocycles. The van der Waals surface area contributed by atoms with E-state index in [1.165, 1.54) is 12.8 Å². The van der Waals surface area contributed by atoms with Gasteiger partial charge in [0.25, 0.3) is 0 Å². The van der Waals surface area contributed by atoms with Crippen molar-refractivity contribution in [2.24, 2.45) is 11.8 Å². The summed E-state index contributed by atoms with van der Waals surface area (Å²) in [5, 5.41) is -0.0815. The zero-order chi connectivity index (χ0) is 13.1. The van der Waals surface area contributed by atoms with Crippen LogP contribution in [0.3, 0.4) is 0 Å². The van der Waals surface area contributed by atoms with E-state index in [0.29, 0.717) is 11.7 Å². The number of alkyl halides is 1. The molecule has 4 heteroatoms. The number of hydrogen-bond acceptors (Lipinski definition) is 2. The molecule has 0 N–H and O–H groups in total. The van der Waals surface area contributed by atoms with Gasteiger partial charge in [-0.15, -0.1) is 11.6 Å². The summed E-state index contributed by atoms with van der Waals surface area (Å²) < 4.78 is 23.6. The van der Waals surface area contributed by atoms with Crippen LogP contribution in [0.1, 0.15) is 52.9 Å². The molecule has 17 heavy (non-hydrogen) atoms. The van der Waals surface area contributed by atoms with Gasteiger partial charge in [-0.25, -0.2) is 8.42 Å². The molecule has 3 atom stereocenters. The first-order valence-electron chi connectivity index (χ1n) is 6.72. The van der Waals surface area contributed by atoms with Crippen LogP contribution >= 0.6 is 11.6 Å². The molecule has 0 aromatic rings. The Bertz CT molecular complexity index is 324. The molecule has 3 unspecified atom stereocenters. The van der Waals surface area contributed by atoms with Crippen LogP contribution in [0.2, 0.25) is 0 Å². The highest BCUT2D eigenvalue weighted by molar-refractivity contribution is 7.91. The predicted octanol–water partition coefficient (Wildman–Crippen LogP) is 3.63. The quantitative estimate of drug-likeness (QED) is 0.721. The first-order chi connectivity index (χ1) is 7.86. The lowest BCUT2D eigenvalue weighted by Crippen LogP contribution is -2.28. The molecule has 1 rings (SSSR count). The van der Waals surface area contributed by atoms with Crippen LogP contribution in [-0.4, -0.2) is 24.8 Å². The van der Waals surface area contributed by atoms with Crippen molar-refractivity contribution in [3.05, 3.63) is 0 Å². The molecule has 0 amide bonds. The molecule has 0 heterocycles. The van der Waals surface area contributed by atoms with Gasteiger partial charge in [-0.1, -0.05) is 13.3 Å². The number of rotatable bonds is 5. The minimum absolute atomic E-state index is 0.181. The third-order valence-corrected chi connectivity index (χ3v) is 6.88. The van der Waals surface area contributed by atoms with Gasteiger partial charge in [0.1, 0.15) is 0 Å². The first kappa shape index (κ1) is 15.3. The highest BCUT2D eigenvalue weighted by atomic mass is 35.5. The van der Waals surface area contributed by atoms with Crippen molar-refractivity contribution < 1.29 is 8.42 Å². The van der Waals surface area contributed by atoms with Gasteiger partial charge in [0.15, 0.2) is 9.84 Å². The van der Waals surface area contributed by atoms with Crippen molar-refractivity contribution in [1.82, 2.24) is 0 Å². The van der Waals surface area contributed by atoms with Crippen molar-refractivity contribution in [1.29, 1.82) is 0 Å². The fourth-order valence-corrected chi connectivity index (χ4v) is 4.00. The van der Waals surface area contributed by atoms with Crippen LogP contribution < -0.4 is 0 Å². The van der Waals surface area contributed by atoms with Crippen molar-refractivity contribution in [2.45, 2.75) is 63.5 Å². The topological polar surface area (TPSA) is 34.1 Å². The molecule has 2 nitrogen and oxygen atoms in total. The summed E-state index contributed by atoms with van der Waals surface area (Å²) in [6.07, 6.45) is 5.30. The molecule has 1 aliphatic carbocycles. The second-order valence-corrected chi connectivity index (χ2v) is 8.81. The third kappa shape index (κ3) is 4.44. The predicted molar refractivity (Wildman–Crippen MR) is 74.3 cm³/mol. The molecule has 0 spiro atoms. The molecule has 0 bridgehead atoms. The fourth-order valence-electron chi connectivity index (χ4n) is 2.55. The monoisotopic (exact) mass is 280 g/mol. The molecule has 0 aromatic heterocycles. The smallest absolute Gasteiger partial charge is 0.152 e. The standard InChI is InChI=1S/C13H25ClO2S/c1-4-11-5-6-13(14)12(9-11)7-8-17(15,16)10(2)3/h10-13H,4-9H2,1-3H3. The summed E-state index contributed by atoms with van der Waals surface area (Å²) in [5.41, 5.74) is 0. The second-order valence-electron chi connectivity index (χ2n) is 5.57. The maximum Gasteiger partial charge on any atom is 0.152 e. The van der Waals surface area contributed by atoms with E-state index >= 15 is 0 Å². The first-order valence-corrected chi connectivity index (χ1v) is 8.87. The van der Waals surface area contributed by atoms with Crippen LogP contribution in [0.25, 0.3) is 0 Å². The van der Waals surface area contributed by atoms with Crippen LogP contribution in [0.15, 0.2) is 0 Å². The van der Waals surface area contributed by atoms with Gasteiger partial charge in [-0.05, 0) is 51.4 Å². The van der Waals surface area contributed by atoms with E-state index < -0.39 is 9.84 Å². The molecule has 1 fully saturated rings. The molecule has 0 aliphatic heterocycles. The molecule has 0 radical (unpaired) electrons. The average Bonchev–Trinajstić information content (AvgIpc) is 2.28. The van der Waals surface area contributed by atoms with E-state index in [2.05, 4.69) is 6.92 Å². The van der Waals surface area contributed by atoms with Crippen molar-refractivity contribution in [3.63, 3.8) is 0 Å². The number of sulfone groups is 1. The summed E-state index contributed by atoms with van der Waals surface area (Å²) >= 11 is 6.32. The SMILES string of the molecule is CCC1CCC(Cl)C(CCS(=O)(=O)C(C)C)C1. The van der Waals surface area contributed by atoms with Gasteiger partial charge < -0.3 is 0 Å². The zero-order valence-corrected chi connectivity index (χ0v) is 12.7. The maximum absolute atomic E-state index is 11.8. The van der Waals surface area contributed by atoms with Crippen LogP contribution in [0, 0.1) is 11.8 Å². The van der Waals surface area contributed by atoms with E-state index in [1.54, 1.807) is 13.8 Å². The van der Waals surface area contributed by atoms with Gasteiger partial charge in [-0.3, -0.25) is 0 Å². The Labute approximate surface area is 111 Å². The molecular formula is C13H25ClO2S. The molecule has 102 valence electrons. The number of halogens is 1. The minimum Gasteiger partial charge on any atom is -0.229 e. The van der Waals surface area contributed by atoms with Crippen LogP contribution in [0.4, 0.5) is 0 Å².